The lowest BCUT2D eigenvalue weighted by Crippen LogP contribution is -2.57. The van der Waals surface area contributed by atoms with Gasteiger partial charge >= 0.3 is 5.97 Å². The summed E-state index contributed by atoms with van der Waals surface area (Å²) in [6.45, 7) is 3.67. The highest BCUT2D eigenvalue weighted by Gasteiger charge is 2.30. The molecule has 0 aliphatic carbocycles. The SMILES string of the molecule is CSCCC(NC(=O)CN)C(=O)NC(C(=O)NC(CCCCN)C(=O)O)C(C)C. The van der Waals surface area contributed by atoms with Crippen LogP contribution in [0.2, 0.25) is 0 Å². The van der Waals surface area contributed by atoms with Crippen molar-refractivity contribution in [3.05, 3.63) is 0 Å². The molecular formula is C18H35N5O5S. The Labute approximate surface area is 176 Å². The zero-order valence-electron chi connectivity index (χ0n) is 17.4. The van der Waals surface area contributed by atoms with E-state index in [1.165, 1.54) is 11.8 Å². The first-order chi connectivity index (χ1) is 13.7. The number of carbonyl (C=O) groups excluding carboxylic acids is 3. The molecule has 0 radical (unpaired) electrons. The number of unbranched alkanes of at least 4 members (excludes halogenated alkanes) is 1. The Morgan fingerprint density at radius 2 is 1.59 bits per heavy atom. The lowest BCUT2D eigenvalue weighted by molar-refractivity contribution is -0.142. The third kappa shape index (κ3) is 11.1. The van der Waals surface area contributed by atoms with Gasteiger partial charge in [-0.05, 0) is 50.2 Å². The summed E-state index contributed by atoms with van der Waals surface area (Å²) in [6.07, 6.45) is 3.72. The second-order valence-corrected chi connectivity index (χ2v) is 8.01. The molecular weight excluding hydrogens is 398 g/mol. The van der Waals surface area contributed by atoms with Crippen molar-refractivity contribution in [1.29, 1.82) is 0 Å². The van der Waals surface area contributed by atoms with E-state index in [9.17, 15) is 24.3 Å². The molecule has 0 rings (SSSR count). The molecule has 10 nitrogen and oxygen atoms in total. The fraction of sp³-hybridized carbons (Fsp3) is 0.778. The molecule has 29 heavy (non-hydrogen) atoms. The fourth-order valence-corrected chi connectivity index (χ4v) is 3.03. The third-order valence-corrected chi connectivity index (χ3v) is 4.90. The number of carboxylic acid groups (broad SMARTS) is 1. The largest absolute Gasteiger partial charge is 0.480 e. The monoisotopic (exact) mass is 433 g/mol. The van der Waals surface area contributed by atoms with Gasteiger partial charge < -0.3 is 32.5 Å². The number of thioether (sulfide) groups is 1. The van der Waals surface area contributed by atoms with Crippen LogP contribution in [-0.4, -0.2) is 72.0 Å². The molecule has 168 valence electrons. The molecule has 0 fully saturated rings. The zero-order valence-corrected chi connectivity index (χ0v) is 18.2. The predicted molar refractivity (Wildman–Crippen MR) is 113 cm³/mol. The maximum absolute atomic E-state index is 12.7. The highest BCUT2D eigenvalue weighted by Crippen LogP contribution is 2.08. The van der Waals surface area contributed by atoms with Gasteiger partial charge in [-0.15, -0.1) is 0 Å². The third-order valence-electron chi connectivity index (χ3n) is 4.26. The Balaban J connectivity index is 5.15. The van der Waals surface area contributed by atoms with E-state index in [1.807, 2.05) is 6.26 Å². The van der Waals surface area contributed by atoms with Crippen LogP contribution < -0.4 is 27.4 Å². The number of nitrogens with one attached hydrogen (secondary N) is 3. The van der Waals surface area contributed by atoms with Crippen LogP contribution in [0.5, 0.6) is 0 Å². The van der Waals surface area contributed by atoms with Gasteiger partial charge in [-0.2, -0.15) is 11.8 Å². The maximum atomic E-state index is 12.7. The zero-order chi connectivity index (χ0) is 22.4. The van der Waals surface area contributed by atoms with E-state index in [1.54, 1.807) is 13.8 Å². The maximum Gasteiger partial charge on any atom is 0.326 e. The van der Waals surface area contributed by atoms with Gasteiger partial charge in [-0.3, -0.25) is 14.4 Å². The Hall–Kier alpha value is -1.85. The number of amides is 3. The van der Waals surface area contributed by atoms with Gasteiger partial charge in [-0.1, -0.05) is 13.8 Å². The normalized spacial score (nSPS) is 14.0. The number of hydrogen-bond acceptors (Lipinski definition) is 7. The second kappa shape index (κ2) is 15.1. The summed E-state index contributed by atoms with van der Waals surface area (Å²) >= 11 is 1.52. The quantitative estimate of drug-likeness (QED) is 0.179. The van der Waals surface area contributed by atoms with Gasteiger partial charge in [0, 0.05) is 0 Å². The van der Waals surface area contributed by atoms with Crippen molar-refractivity contribution in [3.63, 3.8) is 0 Å². The lowest BCUT2D eigenvalue weighted by atomic mass is 10.0. The first-order valence-corrected chi connectivity index (χ1v) is 11.1. The standard InChI is InChI=1S/C18H35N5O5S/c1-11(2)15(17(26)22-13(18(27)28)6-4-5-8-19)23-16(25)12(7-9-29-3)21-14(24)10-20/h11-13,15H,4-10,19-20H2,1-3H3,(H,21,24)(H,22,26)(H,23,25)(H,27,28). The Bertz CT molecular complexity index is 547. The first-order valence-electron chi connectivity index (χ1n) is 9.69. The minimum Gasteiger partial charge on any atom is -0.480 e. The van der Waals surface area contributed by atoms with Crippen molar-refractivity contribution in [2.45, 2.75) is 57.7 Å². The average molecular weight is 434 g/mol. The molecule has 3 unspecified atom stereocenters. The smallest absolute Gasteiger partial charge is 0.326 e. The minimum absolute atomic E-state index is 0.250. The highest BCUT2D eigenvalue weighted by molar-refractivity contribution is 7.98. The molecule has 0 aromatic carbocycles. The topological polar surface area (TPSA) is 177 Å². The Morgan fingerprint density at radius 1 is 0.931 bits per heavy atom. The van der Waals surface area contributed by atoms with Crippen molar-refractivity contribution in [1.82, 2.24) is 16.0 Å². The van der Waals surface area contributed by atoms with Crippen LogP contribution in [0.3, 0.4) is 0 Å². The second-order valence-electron chi connectivity index (χ2n) is 7.02. The number of nitrogens with two attached hydrogens (primary N) is 2. The molecule has 11 heteroatoms. The van der Waals surface area contributed by atoms with Crippen LogP contribution in [0.15, 0.2) is 0 Å². The lowest BCUT2D eigenvalue weighted by Gasteiger charge is -2.26. The van der Waals surface area contributed by atoms with Crippen LogP contribution >= 0.6 is 11.8 Å². The number of rotatable bonds is 15. The molecule has 0 spiro atoms. The van der Waals surface area contributed by atoms with Crippen LogP contribution in [0.4, 0.5) is 0 Å². The molecule has 8 N–H and O–H groups in total. The summed E-state index contributed by atoms with van der Waals surface area (Å²) < 4.78 is 0. The van der Waals surface area contributed by atoms with E-state index in [-0.39, 0.29) is 18.9 Å². The van der Waals surface area contributed by atoms with Crippen LogP contribution in [-0.2, 0) is 19.2 Å². The van der Waals surface area contributed by atoms with E-state index in [4.69, 9.17) is 11.5 Å². The van der Waals surface area contributed by atoms with Crippen molar-refractivity contribution in [2.75, 3.05) is 25.1 Å². The van der Waals surface area contributed by atoms with E-state index >= 15 is 0 Å². The first kappa shape index (κ1) is 27.1. The van der Waals surface area contributed by atoms with Crippen molar-refractivity contribution in [3.8, 4) is 0 Å². The summed E-state index contributed by atoms with van der Waals surface area (Å²) in [7, 11) is 0. The molecule has 0 bridgehead atoms. The van der Waals surface area contributed by atoms with E-state index in [2.05, 4.69) is 16.0 Å². The molecule has 0 aromatic heterocycles. The molecule has 0 aromatic rings. The molecule has 3 atom stereocenters. The van der Waals surface area contributed by atoms with Crippen molar-refractivity contribution >= 4 is 35.5 Å². The summed E-state index contributed by atoms with van der Waals surface area (Å²) in [4.78, 5) is 48.4. The van der Waals surface area contributed by atoms with E-state index < -0.39 is 41.8 Å². The van der Waals surface area contributed by atoms with Crippen LogP contribution in [0.1, 0.15) is 39.5 Å². The van der Waals surface area contributed by atoms with E-state index in [0.717, 1.165) is 0 Å². The molecule has 0 heterocycles. The van der Waals surface area contributed by atoms with Crippen molar-refractivity contribution < 1.29 is 24.3 Å². The molecule has 3 amide bonds. The molecule has 0 saturated carbocycles. The van der Waals surface area contributed by atoms with E-state index in [0.29, 0.717) is 31.6 Å². The number of hydrogen-bond donors (Lipinski definition) is 6. The number of aliphatic carboxylic acids is 1. The molecule has 0 saturated heterocycles. The van der Waals surface area contributed by atoms with Gasteiger partial charge in [0.15, 0.2) is 0 Å². The van der Waals surface area contributed by atoms with Gasteiger partial charge in [0.1, 0.15) is 18.1 Å². The number of carbonyl (C=O) groups is 4. The summed E-state index contributed by atoms with van der Waals surface area (Å²) in [5.74, 6) is -2.36. The summed E-state index contributed by atoms with van der Waals surface area (Å²) in [5, 5.41) is 17.0. The predicted octanol–water partition coefficient (Wildman–Crippen LogP) is -0.978. The highest BCUT2D eigenvalue weighted by atomic mass is 32.2. The Kier molecular flexibility index (Phi) is 14.1. The van der Waals surface area contributed by atoms with Crippen molar-refractivity contribution in [2.24, 2.45) is 17.4 Å². The van der Waals surface area contributed by atoms with Gasteiger partial charge in [0.2, 0.25) is 17.7 Å². The average Bonchev–Trinajstić information content (AvgIpc) is 2.67. The minimum atomic E-state index is -1.14. The van der Waals surface area contributed by atoms with Crippen LogP contribution in [0, 0.1) is 5.92 Å². The molecule has 0 aliphatic rings. The van der Waals surface area contributed by atoms with Gasteiger partial charge in [0.25, 0.3) is 0 Å². The number of carboxylic acids is 1. The van der Waals surface area contributed by atoms with Gasteiger partial charge in [0.05, 0.1) is 6.54 Å². The fourth-order valence-electron chi connectivity index (χ4n) is 2.56. The summed E-state index contributed by atoms with van der Waals surface area (Å²) in [6, 6.07) is -2.82. The molecule has 0 aliphatic heterocycles. The van der Waals surface area contributed by atoms with Gasteiger partial charge in [-0.25, -0.2) is 4.79 Å². The van der Waals surface area contributed by atoms with Crippen LogP contribution in [0.25, 0.3) is 0 Å². The Morgan fingerprint density at radius 3 is 2.07 bits per heavy atom. The summed E-state index contributed by atoms with van der Waals surface area (Å²) in [5.41, 5.74) is 10.7.